The zero-order valence-corrected chi connectivity index (χ0v) is 14.5. The summed E-state index contributed by atoms with van der Waals surface area (Å²) >= 11 is 0. The molecule has 3 aromatic rings. The number of benzene rings is 2. The van der Waals surface area contributed by atoms with Crippen LogP contribution in [0.2, 0.25) is 0 Å². The van der Waals surface area contributed by atoms with Crippen molar-refractivity contribution in [1.29, 1.82) is 0 Å². The number of H-pyrrole nitrogens is 1. The maximum absolute atomic E-state index is 12.7. The molecular weight excluding hydrogens is 322 g/mol. The molecule has 2 aliphatic rings. The Morgan fingerprint density at radius 3 is 2.69 bits per heavy atom. The van der Waals surface area contributed by atoms with Gasteiger partial charge in [-0.3, -0.25) is 4.79 Å². The van der Waals surface area contributed by atoms with Crippen LogP contribution in [0.25, 0.3) is 22.6 Å². The van der Waals surface area contributed by atoms with Crippen LogP contribution in [0.4, 0.5) is 5.69 Å². The average Bonchev–Trinajstić information content (AvgIpc) is 3.23. The number of amides is 1. The van der Waals surface area contributed by atoms with Crippen molar-refractivity contribution in [2.75, 3.05) is 18.4 Å². The molecule has 3 N–H and O–H groups in total. The Labute approximate surface area is 152 Å². The summed E-state index contributed by atoms with van der Waals surface area (Å²) in [5.41, 5.74) is 6.13. The molecule has 0 unspecified atom stereocenters. The Kier molecular flexibility index (Phi) is 3.64. The number of nitrogens with one attached hydrogen (secondary N) is 3. The number of carbonyl (C=O) groups is 1. The summed E-state index contributed by atoms with van der Waals surface area (Å²) in [5.74, 6) is 0.491. The van der Waals surface area contributed by atoms with E-state index in [9.17, 15) is 4.79 Å². The topological polar surface area (TPSA) is 56.9 Å². The lowest BCUT2D eigenvalue weighted by atomic mass is 9.85. The van der Waals surface area contributed by atoms with E-state index in [-0.39, 0.29) is 5.91 Å². The predicted molar refractivity (Wildman–Crippen MR) is 106 cm³/mol. The van der Waals surface area contributed by atoms with Crippen molar-refractivity contribution in [3.05, 3.63) is 65.4 Å². The molecule has 0 aliphatic carbocycles. The number of hydrogen-bond donors (Lipinski definition) is 3. The fourth-order valence-corrected chi connectivity index (χ4v) is 4.22. The summed E-state index contributed by atoms with van der Waals surface area (Å²) in [6.45, 7) is 2.08. The van der Waals surface area contributed by atoms with Gasteiger partial charge >= 0.3 is 0 Å². The quantitative estimate of drug-likeness (QED) is 0.613. The van der Waals surface area contributed by atoms with Gasteiger partial charge < -0.3 is 15.6 Å². The molecule has 5 rings (SSSR count). The van der Waals surface area contributed by atoms with E-state index in [1.165, 1.54) is 5.56 Å². The minimum Gasteiger partial charge on any atom is -0.355 e. The van der Waals surface area contributed by atoms with Gasteiger partial charge in [0.2, 0.25) is 0 Å². The molecular formula is C22H21N3O. The SMILES string of the molecule is O=C1Nc2cccc(C3CCNCC3)c2C1=Cc1cc2ccccc2[nH]1. The van der Waals surface area contributed by atoms with E-state index in [1.54, 1.807) is 0 Å². The highest BCUT2D eigenvalue weighted by Gasteiger charge is 2.30. The van der Waals surface area contributed by atoms with Gasteiger partial charge in [-0.25, -0.2) is 0 Å². The first-order valence-electron chi connectivity index (χ1n) is 9.24. The molecule has 0 saturated carbocycles. The third kappa shape index (κ3) is 2.54. The monoisotopic (exact) mass is 343 g/mol. The summed E-state index contributed by atoms with van der Waals surface area (Å²) in [4.78, 5) is 16.1. The van der Waals surface area contributed by atoms with E-state index in [2.05, 4.69) is 45.9 Å². The van der Waals surface area contributed by atoms with Crippen LogP contribution < -0.4 is 10.6 Å². The Balaban J connectivity index is 1.62. The molecule has 1 aromatic heterocycles. The molecule has 3 heterocycles. The van der Waals surface area contributed by atoms with Gasteiger partial charge in [0, 0.05) is 22.5 Å². The zero-order chi connectivity index (χ0) is 17.5. The first-order valence-corrected chi connectivity index (χ1v) is 9.24. The van der Waals surface area contributed by atoms with Gasteiger partial charge in [-0.2, -0.15) is 0 Å². The normalized spacial score (nSPS) is 19.1. The van der Waals surface area contributed by atoms with Gasteiger partial charge in [-0.1, -0.05) is 30.3 Å². The molecule has 0 spiro atoms. The van der Waals surface area contributed by atoms with E-state index in [1.807, 2.05) is 24.3 Å². The number of aromatic nitrogens is 1. The lowest BCUT2D eigenvalue weighted by Gasteiger charge is -2.24. The second-order valence-corrected chi connectivity index (χ2v) is 7.12. The molecule has 26 heavy (non-hydrogen) atoms. The number of para-hydroxylation sites is 1. The summed E-state index contributed by atoms with van der Waals surface area (Å²) in [6.07, 6.45) is 4.22. The van der Waals surface area contributed by atoms with Crippen LogP contribution >= 0.6 is 0 Å². The van der Waals surface area contributed by atoms with Crippen LogP contribution in [-0.2, 0) is 4.79 Å². The van der Waals surface area contributed by atoms with Crippen molar-refractivity contribution in [2.45, 2.75) is 18.8 Å². The van der Waals surface area contributed by atoms with Crippen molar-refractivity contribution in [3.63, 3.8) is 0 Å². The highest BCUT2D eigenvalue weighted by Crippen LogP contribution is 2.41. The molecule has 0 radical (unpaired) electrons. The van der Waals surface area contributed by atoms with Crippen LogP contribution in [0.3, 0.4) is 0 Å². The summed E-state index contributed by atoms with van der Waals surface area (Å²) in [6, 6.07) is 16.5. The number of aromatic amines is 1. The van der Waals surface area contributed by atoms with Gasteiger partial charge in [0.15, 0.2) is 0 Å². The third-order valence-electron chi connectivity index (χ3n) is 5.49. The summed E-state index contributed by atoms with van der Waals surface area (Å²) in [7, 11) is 0. The van der Waals surface area contributed by atoms with E-state index in [0.29, 0.717) is 5.92 Å². The van der Waals surface area contributed by atoms with Crippen LogP contribution in [0.5, 0.6) is 0 Å². The van der Waals surface area contributed by atoms with E-state index < -0.39 is 0 Å². The Morgan fingerprint density at radius 1 is 1.00 bits per heavy atom. The smallest absolute Gasteiger partial charge is 0.256 e. The minimum atomic E-state index is -0.0139. The van der Waals surface area contributed by atoms with Gasteiger partial charge in [0.05, 0.1) is 5.57 Å². The van der Waals surface area contributed by atoms with Crippen molar-refractivity contribution in [1.82, 2.24) is 10.3 Å². The Hall–Kier alpha value is -2.85. The van der Waals surface area contributed by atoms with Crippen LogP contribution in [0.15, 0.2) is 48.5 Å². The number of piperidine rings is 1. The average molecular weight is 343 g/mol. The molecule has 0 atom stereocenters. The highest BCUT2D eigenvalue weighted by atomic mass is 16.2. The molecule has 0 bridgehead atoms. The number of hydrogen-bond acceptors (Lipinski definition) is 2. The van der Waals surface area contributed by atoms with Crippen molar-refractivity contribution < 1.29 is 4.79 Å². The maximum atomic E-state index is 12.7. The van der Waals surface area contributed by atoms with Crippen molar-refractivity contribution in [2.24, 2.45) is 0 Å². The minimum absolute atomic E-state index is 0.0139. The Bertz CT molecular complexity index is 992. The molecule has 4 heteroatoms. The van der Waals surface area contributed by atoms with Crippen LogP contribution in [-0.4, -0.2) is 24.0 Å². The van der Waals surface area contributed by atoms with Crippen molar-refractivity contribution in [3.8, 4) is 0 Å². The first-order chi connectivity index (χ1) is 12.8. The predicted octanol–water partition coefficient (Wildman–Crippen LogP) is 4.13. The van der Waals surface area contributed by atoms with Crippen LogP contribution in [0, 0.1) is 0 Å². The molecule has 2 aliphatic heterocycles. The third-order valence-corrected chi connectivity index (χ3v) is 5.49. The Morgan fingerprint density at radius 2 is 1.85 bits per heavy atom. The van der Waals surface area contributed by atoms with Crippen molar-refractivity contribution >= 4 is 34.1 Å². The fourth-order valence-electron chi connectivity index (χ4n) is 4.22. The van der Waals surface area contributed by atoms with E-state index >= 15 is 0 Å². The van der Waals surface area contributed by atoms with Gasteiger partial charge in [-0.15, -0.1) is 0 Å². The molecule has 1 fully saturated rings. The second kappa shape index (κ2) is 6.15. The van der Waals surface area contributed by atoms with Gasteiger partial charge in [0.1, 0.15) is 0 Å². The number of fused-ring (bicyclic) bond motifs is 2. The summed E-state index contributed by atoms with van der Waals surface area (Å²) in [5, 5.41) is 7.63. The molecule has 1 amide bonds. The number of carbonyl (C=O) groups excluding carboxylic acids is 1. The largest absolute Gasteiger partial charge is 0.355 e. The van der Waals surface area contributed by atoms with E-state index in [4.69, 9.17) is 0 Å². The molecule has 4 nitrogen and oxygen atoms in total. The molecule has 1 saturated heterocycles. The lowest BCUT2D eigenvalue weighted by Crippen LogP contribution is -2.27. The summed E-state index contributed by atoms with van der Waals surface area (Å²) < 4.78 is 0. The van der Waals surface area contributed by atoms with Crippen LogP contribution in [0.1, 0.15) is 35.6 Å². The molecule has 130 valence electrons. The molecule has 2 aromatic carbocycles. The number of rotatable bonds is 2. The zero-order valence-electron chi connectivity index (χ0n) is 14.5. The standard InChI is InChI=1S/C22H21N3O/c26-22-18(13-16-12-15-4-1-2-6-19(15)24-16)21-17(5-3-7-20(21)25-22)14-8-10-23-11-9-14/h1-7,12-14,23-24H,8-11H2,(H,25,26). The van der Waals surface area contributed by atoms with Gasteiger partial charge in [-0.05, 0) is 67.1 Å². The number of anilines is 1. The first kappa shape index (κ1) is 15.4. The van der Waals surface area contributed by atoms with Gasteiger partial charge in [0.25, 0.3) is 5.91 Å². The maximum Gasteiger partial charge on any atom is 0.256 e. The highest BCUT2D eigenvalue weighted by molar-refractivity contribution is 6.35. The van der Waals surface area contributed by atoms with E-state index in [0.717, 1.165) is 59.4 Å². The lowest BCUT2D eigenvalue weighted by molar-refractivity contribution is -0.110. The fraction of sp³-hybridized carbons (Fsp3) is 0.227. The second-order valence-electron chi connectivity index (χ2n) is 7.12.